The third-order valence-corrected chi connectivity index (χ3v) is 2.70. The highest BCUT2D eigenvalue weighted by Crippen LogP contribution is 2.14. The molecule has 0 saturated heterocycles. The first-order chi connectivity index (χ1) is 9.28. The Bertz CT molecular complexity index is 532. The zero-order chi connectivity index (χ0) is 13.5. The quantitative estimate of drug-likeness (QED) is 0.795. The van der Waals surface area contributed by atoms with Crippen LogP contribution in [0, 0.1) is 0 Å². The van der Waals surface area contributed by atoms with Crippen molar-refractivity contribution in [1.82, 2.24) is 0 Å². The number of phenolic OH excluding ortho intramolecular Hbond substituents is 1. The largest absolute Gasteiger partial charge is 0.508 e. The summed E-state index contributed by atoms with van der Waals surface area (Å²) in [6, 6.07) is 14.8. The summed E-state index contributed by atoms with van der Waals surface area (Å²) in [4.78, 5) is 0. The van der Waals surface area contributed by atoms with E-state index in [0.29, 0.717) is 6.54 Å². The number of hydrogen-bond acceptors (Lipinski definition) is 2. The molecule has 0 saturated carbocycles. The van der Waals surface area contributed by atoms with Gasteiger partial charge in [0.15, 0.2) is 0 Å². The van der Waals surface area contributed by atoms with Crippen LogP contribution >= 0.6 is 0 Å². The predicted octanol–water partition coefficient (Wildman–Crippen LogP) is 3.94. The first-order valence-corrected chi connectivity index (χ1v) is 6.15. The van der Waals surface area contributed by atoms with Crippen LogP contribution in [0.3, 0.4) is 0 Å². The number of alkyl halides is 1. The lowest BCUT2D eigenvalue weighted by molar-refractivity contribution is 0.475. The summed E-state index contributed by atoms with van der Waals surface area (Å²) in [5, 5.41) is 12.2. The molecule has 3 heteroatoms. The molecule has 0 heterocycles. The molecule has 0 atom stereocenters. The molecule has 2 aromatic carbocycles. The standard InChI is InChI=1S/C16H16FNO/c17-11-12-18-15-7-3-13(4-8-15)1-2-14-5-9-16(19)10-6-14/h1-10,18-19H,11-12H2/b2-1+. The minimum absolute atomic E-state index is 0.264. The van der Waals surface area contributed by atoms with E-state index in [1.165, 1.54) is 0 Å². The fourth-order valence-electron chi connectivity index (χ4n) is 1.68. The van der Waals surface area contributed by atoms with Gasteiger partial charge in [0.2, 0.25) is 0 Å². The van der Waals surface area contributed by atoms with Gasteiger partial charge in [-0.3, -0.25) is 0 Å². The second kappa shape index (κ2) is 6.59. The average molecular weight is 257 g/mol. The van der Waals surface area contributed by atoms with E-state index >= 15 is 0 Å². The topological polar surface area (TPSA) is 32.3 Å². The minimum Gasteiger partial charge on any atom is -0.508 e. The molecule has 0 bridgehead atoms. The highest BCUT2D eigenvalue weighted by Gasteiger charge is 1.92. The van der Waals surface area contributed by atoms with Crippen molar-refractivity contribution in [3.05, 3.63) is 59.7 Å². The van der Waals surface area contributed by atoms with Gasteiger partial charge >= 0.3 is 0 Å². The minimum atomic E-state index is -0.373. The fourth-order valence-corrected chi connectivity index (χ4v) is 1.68. The molecular weight excluding hydrogens is 241 g/mol. The Morgan fingerprint density at radius 1 is 0.895 bits per heavy atom. The van der Waals surface area contributed by atoms with Crippen LogP contribution < -0.4 is 5.32 Å². The van der Waals surface area contributed by atoms with E-state index in [2.05, 4.69) is 5.32 Å². The van der Waals surface area contributed by atoms with Gasteiger partial charge in [-0.25, -0.2) is 4.39 Å². The maximum Gasteiger partial charge on any atom is 0.115 e. The highest BCUT2D eigenvalue weighted by atomic mass is 19.1. The van der Waals surface area contributed by atoms with E-state index in [0.717, 1.165) is 16.8 Å². The van der Waals surface area contributed by atoms with Crippen LogP contribution in [0.2, 0.25) is 0 Å². The van der Waals surface area contributed by atoms with Crippen molar-refractivity contribution in [1.29, 1.82) is 0 Å². The molecule has 98 valence electrons. The summed E-state index contributed by atoms with van der Waals surface area (Å²) in [5.74, 6) is 0.264. The average Bonchev–Trinajstić information content (AvgIpc) is 2.46. The number of rotatable bonds is 5. The third kappa shape index (κ3) is 4.14. The Balaban J connectivity index is 2.00. The maximum absolute atomic E-state index is 12.0. The van der Waals surface area contributed by atoms with Crippen LogP contribution in [0.1, 0.15) is 11.1 Å². The molecule has 2 rings (SSSR count). The fraction of sp³-hybridized carbons (Fsp3) is 0.125. The summed E-state index contributed by atoms with van der Waals surface area (Å²) in [5.41, 5.74) is 3.01. The number of nitrogens with one attached hydrogen (secondary N) is 1. The van der Waals surface area contributed by atoms with Gasteiger partial charge in [-0.15, -0.1) is 0 Å². The third-order valence-electron chi connectivity index (χ3n) is 2.70. The van der Waals surface area contributed by atoms with E-state index in [1.54, 1.807) is 12.1 Å². The number of phenols is 1. The van der Waals surface area contributed by atoms with Crippen LogP contribution in [-0.4, -0.2) is 18.3 Å². The van der Waals surface area contributed by atoms with Gasteiger partial charge in [0.25, 0.3) is 0 Å². The Morgan fingerprint density at radius 2 is 1.42 bits per heavy atom. The summed E-state index contributed by atoms with van der Waals surface area (Å²) in [6.07, 6.45) is 3.97. The number of halogens is 1. The van der Waals surface area contributed by atoms with E-state index in [9.17, 15) is 9.50 Å². The number of anilines is 1. The first-order valence-electron chi connectivity index (χ1n) is 6.15. The SMILES string of the molecule is Oc1ccc(/C=C/c2ccc(NCCF)cc2)cc1. The number of aromatic hydroxyl groups is 1. The Morgan fingerprint density at radius 3 is 1.95 bits per heavy atom. The lowest BCUT2D eigenvalue weighted by atomic mass is 10.1. The second-order valence-electron chi connectivity index (χ2n) is 4.16. The summed E-state index contributed by atoms with van der Waals surface area (Å²) in [6.45, 7) is -0.0365. The Kier molecular flexibility index (Phi) is 4.56. The van der Waals surface area contributed by atoms with Crippen LogP contribution in [0.15, 0.2) is 48.5 Å². The smallest absolute Gasteiger partial charge is 0.115 e. The zero-order valence-corrected chi connectivity index (χ0v) is 10.5. The summed E-state index contributed by atoms with van der Waals surface area (Å²) >= 11 is 0. The zero-order valence-electron chi connectivity index (χ0n) is 10.5. The van der Waals surface area contributed by atoms with E-state index in [4.69, 9.17) is 0 Å². The van der Waals surface area contributed by atoms with E-state index in [1.807, 2.05) is 48.6 Å². The molecule has 0 radical (unpaired) electrons. The van der Waals surface area contributed by atoms with Gasteiger partial charge < -0.3 is 10.4 Å². The second-order valence-corrected chi connectivity index (χ2v) is 4.16. The van der Waals surface area contributed by atoms with Gasteiger partial charge in [-0.2, -0.15) is 0 Å². The lowest BCUT2D eigenvalue weighted by Crippen LogP contribution is -2.02. The molecule has 0 aliphatic carbocycles. The van der Waals surface area contributed by atoms with E-state index in [-0.39, 0.29) is 12.4 Å². The molecule has 19 heavy (non-hydrogen) atoms. The maximum atomic E-state index is 12.0. The first kappa shape index (κ1) is 13.1. The molecule has 2 N–H and O–H groups in total. The molecule has 0 aromatic heterocycles. The normalized spacial score (nSPS) is 10.8. The monoisotopic (exact) mass is 257 g/mol. The van der Waals surface area contributed by atoms with Gasteiger partial charge in [-0.1, -0.05) is 36.4 Å². The van der Waals surface area contributed by atoms with Crippen LogP contribution in [0.5, 0.6) is 5.75 Å². The molecule has 2 aromatic rings. The summed E-state index contributed by atoms with van der Waals surface area (Å²) in [7, 11) is 0. The van der Waals surface area contributed by atoms with Crippen molar-refractivity contribution in [2.45, 2.75) is 0 Å². The molecule has 0 fully saturated rings. The van der Waals surface area contributed by atoms with Crippen molar-refractivity contribution < 1.29 is 9.50 Å². The van der Waals surface area contributed by atoms with Crippen LogP contribution in [0.25, 0.3) is 12.2 Å². The Labute approximate surface area is 112 Å². The molecule has 0 aliphatic heterocycles. The van der Waals surface area contributed by atoms with Gasteiger partial charge in [0.1, 0.15) is 12.4 Å². The number of hydrogen-bond donors (Lipinski definition) is 2. The van der Waals surface area contributed by atoms with Crippen molar-refractivity contribution in [3.8, 4) is 5.75 Å². The summed E-state index contributed by atoms with van der Waals surface area (Å²) < 4.78 is 12.0. The predicted molar refractivity (Wildman–Crippen MR) is 77.9 cm³/mol. The van der Waals surface area contributed by atoms with Crippen molar-refractivity contribution in [2.75, 3.05) is 18.5 Å². The molecule has 2 nitrogen and oxygen atoms in total. The molecular formula is C16H16FNO. The van der Waals surface area contributed by atoms with Crippen LogP contribution in [0.4, 0.5) is 10.1 Å². The molecule has 0 amide bonds. The van der Waals surface area contributed by atoms with Gasteiger partial charge in [0.05, 0.1) is 0 Å². The van der Waals surface area contributed by atoms with Crippen molar-refractivity contribution >= 4 is 17.8 Å². The van der Waals surface area contributed by atoms with Crippen LogP contribution in [-0.2, 0) is 0 Å². The van der Waals surface area contributed by atoms with Gasteiger partial charge in [-0.05, 0) is 35.4 Å². The van der Waals surface area contributed by atoms with Crippen molar-refractivity contribution in [2.24, 2.45) is 0 Å². The van der Waals surface area contributed by atoms with Crippen molar-refractivity contribution in [3.63, 3.8) is 0 Å². The molecule has 0 aliphatic rings. The van der Waals surface area contributed by atoms with Gasteiger partial charge in [0, 0.05) is 12.2 Å². The number of benzene rings is 2. The lowest BCUT2D eigenvalue weighted by Gasteiger charge is -2.03. The highest BCUT2D eigenvalue weighted by molar-refractivity contribution is 5.70. The van der Waals surface area contributed by atoms with E-state index < -0.39 is 0 Å². The Hall–Kier alpha value is -2.29. The molecule has 0 unspecified atom stereocenters. The molecule has 0 spiro atoms.